The van der Waals surface area contributed by atoms with Crippen LogP contribution >= 0.6 is 0 Å². The summed E-state index contributed by atoms with van der Waals surface area (Å²) in [6, 6.07) is 8.16. The van der Waals surface area contributed by atoms with Crippen LogP contribution in [0.2, 0.25) is 0 Å². The molecular formula is C31H39F4NO3. The Morgan fingerprint density at radius 2 is 1.74 bits per heavy atom. The molecule has 0 aliphatic heterocycles. The average Bonchev–Trinajstić information content (AvgIpc) is 2.83. The van der Waals surface area contributed by atoms with Gasteiger partial charge in [-0.1, -0.05) is 50.6 Å². The van der Waals surface area contributed by atoms with Crippen molar-refractivity contribution in [2.75, 3.05) is 11.9 Å². The number of alkyl halides is 3. The number of aliphatic hydroxyl groups excluding tert-OH is 1. The Bertz CT molecular complexity index is 1170. The van der Waals surface area contributed by atoms with E-state index in [2.05, 4.69) is 49.3 Å². The molecule has 39 heavy (non-hydrogen) atoms. The summed E-state index contributed by atoms with van der Waals surface area (Å²) in [6.07, 6.45) is 1.63. The summed E-state index contributed by atoms with van der Waals surface area (Å²) in [5.41, 5.74) is 7.04. The Balaban J connectivity index is 0.000000798. The summed E-state index contributed by atoms with van der Waals surface area (Å²) in [5.74, 6) is -0.633. The maximum Gasteiger partial charge on any atom is 0.573 e. The molecule has 1 aliphatic carbocycles. The smallest absolute Gasteiger partial charge is 0.406 e. The highest BCUT2D eigenvalue weighted by molar-refractivity contribution is 5.90. The van der Waals surface area contributed by atoms with Gasteiger partial charge in [0.2, 0.25) is 0 Å². The van der Waals surface area contributed by atoms with Gasteiger partial charge < -0.3 is 14.7 Å². The van der Waals surface area contributed by atoms with E-state index in [1.165, 1.54) is 17.7 Å². The summed E-state index contributed by atoms with van der Waals surface area (Å²) in [7, 11) is 1.99. The number of hydrogen-bond acceptors (Lipinski definition) is 4. The number of Topliss-reactive ketones (excluding diaryl/α,β-unsaturated/α-hetero) is 1. The SMILES string of the molecule is C=C(F)C(C)=O.CC/C(C)=C/N(C)c1c(C)c(-c2ccc(OC(F)(F)F)cc2)cc(C2CC(CC)C2)c1CO. The normalized spacial score (nSPS) is 17.1. The van der Waals surface area contributed by atoms with Crippen LogP contribution in [0.25, 0.3) is 11.1 Å². The first kappa shape index (κ1) is 32.1. The number of rotatable bonds is 9. The van der Waals surface area contributed by atoms with Gasteiger partial charge in [0.05, 0.1) is 6.61 Å². The number of nitrogens with zero attached hydrogens (tertiary/aromatic N) is 1. The second kappa shape index (κ2) is 13.8. The number of carbonyl (C=O) groups excluding carboxylic acids is 1. The van der Waals surface area contributed by atoms with E-state index in [4.69, 9.17) is 0 Å². The Labute approximate surface area is 229 Å². The molecule has 1 saturated carbocycles. The van der Waals surface area contributed by atoms with E-state index >= 15 is 0 Å². The molecule has 0 aromatic heterocycles. The van der Waals surface area contributed by atoms with Crippen LogP contribution in [0.1, 0.15) is 76.0 Å². The Morgan fingerprint density at radius 1 is 1.18 bits per heavy atom. The van der Waals surface area contributed by atoms with Crippen molar-refractivity contribution in [3.05, 3.63) is 71.2 Å². The molecule has 0 saturated heterocycles. The van der Waals surface area contributed by atoms with E-state index in [-0.39, 0.29) is 12.4 Å². The molecule has 0 spiro atoms. The number of ether oxygens (including phenoxy) is 1. The molecule has 0 heterocycles. The third-order valence-corrected chi connectivity index (χ3v) is 7.21. The Kier molecular flexibility index (Phi) is 11.3. The van der Waals surface area contributed by atoms with Gasteiger partial charge in [0.15, 0.2) is 11.6 Å². The topological polar surface area (TPSA) is 49.8 Å². The maximum absolute atomic E-state index is 12.6. The first-order valence-corrected chi connectivity index (χ1v) is 13.1. The second-order valence-corrected chi connectivity index (χ2v) is 10.0. The van der Waals surface area contributed by atoms with Gasteiger partial charge in [-0.15, -0.1) is 13.2 Å². The summed E-state index contributed by atoms with van der Waals surface area (Å²) in [6.45, 7) is 12.2. The molecule has 4 nitrogen and oxygen atoms in total. The highest BCUT2D eigenvalue weighted by Crippen LogP contribution is 2.48. The Morgan fingerprint density at radius 3 is 2.18 bits per heavy atom. The molecule has 0 amide bonds. The van der Waals surface area contributed by atoms with E-state index in [0.29, 0.717) is 11.8 Å². The average molecular weight is 550 g/mol. The van der Waals surface area contributed by atoms with Crippen LogP contribution in [0.4, 0.5) is 23.2 Å². The van der Waals surface area contributed by atoms with Crippen LogP contribution in [-0.2, 0) is 11.4 Å². The molecule has 8 heteroatoms. The quantitative estimate of drug-likeness (QED) is 0.251. The third-order valence-electron chi connectivity index (χ3n) is 7.21. The van der Waals surface area contributed by atoms with Gasteiger partial charge in [-0.2, -0.15) is 0 Å². The lowest BCUT2D eigenvalue weighted by Crippen LogP contribution is -2.24. The van der Waals surface area contributed by atoms with Gasteiger partial charge >= 0.3 is 6.36 Å². The van der Waals surface area contributed by atoms with E-state index in [9.17, 15) is 27.5 Å². The first-order valence-electron chi connectivity index (χ1n) is 13.1. The molecule has 214 valence electrons. The third kappa shape index (κ3) is 8.68. The number of allylic oxidation sites excluding steroid dienone is 2. The van der Waals surface area contributed by atoms with Crippen LogP contribution in [0, 0.1) is 12.8 Å². The van der Waals surface area contributed by atoms with Crippen molar-refractivity contribution in [2.24, 2.45) is 5.92 Å². The minimum atomic E-state index is -4.72. The van der Waals surface area contributed by atoms with Crippen LogP contribution in [0.15, 0.2) is 54.5 Å². The second-order valence-electron chi connectivity index (χ2n) is 10.0. The van der Waals surface area contributed by atoms with Crippen molar-refractivity contribution in [1.29, 1.82) is 0 Å². The largest absolute Gasteiger partial charge is 0.573 e. The van der Waals surface area contributed by atoms with Crippen LogP contribution in [-0.4, -0.2) is 24.3 Å². The number of halogens is 4. The summed E-state index contributed by atoms with van der Waals surface area (Å²) in [5, 5.41) is 10.4. The monoisotopic (exact) mass is 549 g/mol. The molecular weight excluding hydrogens is 510 g/mol. The van der Waals surface area contributed by atoms with Crippen LogP contribution in [0.5, 0.6) is 5.75 Å². The predicted octanol–water partition coefficient (Wildman–Crippen LogP) is 8.77. The van der Waals surface area contributed by atoms with Gasteiger partial charge in [-0.05, 0) is 79.3 Å². The lowest BCUT2D eigenvalue weighted by atomic mass is 9.68. The molecule has 1 fully saturated rings. The predicted molar refractivity (Wildman–Crippen MR) is 148 cm³/mol. The molecule has 2 aromatic rings. The van der Waals surface area contributed by atoms with E-state index in [1.807, 2.05) is 14.0 Å². The highest BCUT2D eigenvalue weighted by Gasteiger charge is 2.33. The van der Waals surface area contributed by atoms with Crippen molar-refractivity contribution in [1.82, 2.24) is 0 Å². The van der Waals surface area contributed by atoms with Crippen molar-refractivity contribution < 1.29 is 32.2 Å². The fraction of sp³-hybridized carbons (Fsp3) is 0.452. The van der Waals surface area contributed by atoms with Gasteiger partial charge in [0.25, 0.3) is 0 Å². The molecule has 0 radical (unpaired) electrons. The lowest BCUT2D eigenvalue weighted by molar-refractivity contribution is -0.274. The van der Waals surface area contributed by atoms with Crippen molar-refractivity contribution >= 4 is 11.5 Å². The minimum Gasteiger partial charge on any atom is -0.406 e. The van der Waals surface area contributed by atoms with Crippen molar-refractivity contribution in [3.8, 4) is 16.9 Å². The van der Waals surface area contributed by atoms with E-state index in [0.717, 1.165) is 66.1 Å². The van der Waals surface area contributed by atoms with E-state index < -0.39 is 18.0 Å². The van der Waals surface area contributed by atoms with Gasteiger partial charge in [-0.25, -0.2) is 4.39 Å². The van der Waals surface area contributed by atoms with Gasteiger partial charge in [-0.3, -0.25) is 4.79 Å². The molecule has 0 bridgehead atoms. The molecule has 1 aliphatic rings. The van der Waals surface area contributed by atoms with Gasteiger partial charge in [0.1, 0.15) is 5.75 Å². The zero-order valence-electron chi connectivity index (χ0n) is 23.6. The first-order chi connectivity index (χ1) is 18.2. The number of aliphatic hydroxyl groups is 1. The van der Waals surface area contributed by atoms with Crippen LogP contribution in [0.3, 0.4) is 0 Å². The summed E-state index contributed by atoms with van der Waals surface area (Å²) in [4.78, 5) is 11.7. The molecule has 2 aromatic carbocycles. The molecule has 3 rings (SSSR count). The zero-order valence-corrected chi connectivity index (χ0v) is 23.6. The number of benzene rings is 2. The minimum absolute atomic E-state index is 0.0548. The fourth-order valence-corrected chi connectivity index (χ4v) is 4.79. The molecule has 1 N–H and O–H groups in total. The summed E-state index contributed by atoms with van der Waals surface area (Å²) >= 11 is 0. The number of anilines is 1. The fourth-order valence-electron chi connectivity index (χ4n) is 4.79. The molecule has 0 atom stereocenters. The number of carbonyl (C=O) groups is 1. The zero-order chi connectivity index (χ0) is 29.5. The standard InChI is InChI=1S/C27H34F3NO2.C4H5FO/c1-6-17(3)15-31(5)26-18(4)23(20-8-10-22(11-9-20)33-27(28,29)30)14-24(25(26)16-32)21-12-19(7-2)13-21;1-3(5)4(2)6/h8-11,14-15,19,21,32H,6-7,12-13,16H2,1-5H3;1H2,2H3/b17-15+;. The lowest BCUT2D eigenvalue weighted by Gasteiger charge is -2.38. The number of hydrogen-bond donors (Lipinski definition) is 1. The number of ketones is 1. The molecule has 0 unspecified atom stereocenters. The maximum atomic E-state index is 12.6. The van der Waals surface area contributed by atoms with E-state index in [1.54, 1.807) is 12.1 Å². The van der Waals surface area contributed by atoms with Gasteiger partial charge in [0, 0.05) is 31.4 Å². The van der Waals surface area contributed by atoms with Crippen LogP contribution < -0.4 is 9.64 Å². The van der Waals surface area contributed by atoms with Crippen molar-refractivity contribution in [2.45, 2.75) is 79.2 Å². The highest BCUT2D eigenvalue weighted by atomic mass is 19.4. The summed E-state index contributed by atoms with van der Waals surface area (Å²) < 4.78 is 53.1. The Hall–Kier alpha value is -3.13. The van der Waals surface area contributed by atoms with Crippen molar-refractivity contribution in [3.63, 3.8) is 0 Å².